The fraction of sp³-hybridized carbons (Fsp3) is 0.273. The number of carbonyl (C=O) groups is 2. The van der Waals surface area contributed by atoms with Crippen molar-refractivity contribution in [2.75, 3.05) is 20.2 Å². The van der Waals surface area contributed by atoms with E-state index in [0.29, 0.717) is 24.4 Å². The monoisotopic (exact) mass is 377 g/mol. The molecular formula is C22H23N3O3. The number of ether oxygens (including phenoxy) is 1. The van der Waals surface area contributed by atoms with E-state index in [1.807, 2.05) is 47.4 Å². The van der Waals surface area contributed by atoms with Crippen LogP contribution >= 0.6 is 0 Å². The maximum Gasteiger partial charge on any atom is 0.319 e. The van der Waals surface area contributed by atoms with Crippen LogP contribution in [0, 0.1) is 0 Å². The number of methoxy groups -OCH3 is 1. The van der Waals surface area contributed by atoms with Crippen molar-refractivity contribution in [1.29, 1.82) is 0 Å². The second-order valence-electron chi connectivity index (χ2n) is 7.01. The van der Waals surface area contributed by atoms with Crippen LogP contribution in [0.5, 0.6) is 5.75 Å². The van der Waals surface area contributed by atoms with E-state index in [4.69, 9.17) is 4.74 Å². The molecule has 0 saturated heterocycles. The normalized spacial score (nSPS) is 18.6. The number of benzene rings is 2. The van der Waals surface area contributed by atoms with Gasteiger partial charge in [-0.3, -0.25) is 4.79 Å². The second-order valence-corrected chi connectivity index (χ2v) is 7.01. The molecule has 2 heterocycles. The molecule has 0 aromatic heterocycles. The van der Waals surface area contributed by atoms with Gasteiger partial charge in [-0.2, -0.15) is 0 Å². The number of hydrogen-bond acceptors (Lipinski definition) is 3. The van der Waals surface area contributed by atoms with Crippen molar-refractivity contribution in [1.82, 2.24) is 15.5 Å². The standard InChI is InChI=1S/C22H23N3O3/c1-28-17-11-9-16(10-12-17)20-19-18(23-22(27)24-20)14-25(21(19)26)13-5-8-15-6-3-2-4-7-15/h2-4,6-7,9-12,20H,5,8,13-14H2,1H3,(H2,23,24,27). The molecule has 2 aromatic carbocycles. The fourth-order valence-corrected chi connectivity index (χ4v) is 3.77. The topological polar surface area (TPSA) is 70.7 Å². The molecule has 0 spiro atoms. The van der Waals surface area contributed by atoms with Crippen LogP contribution in [0.3, 0.4) is 0 Å². The number of hydrogen-bond donors (Lipinski definition) is 2. The van der Waals surface area contributed by atoms with Gasteiger partial charge in [-0.05, 0) is 36.1 Å². The van der Waals surface area contributed by atoms with Crippen LogP contribution < -0.4 is 15.4 Å². The predicted octanol–water partition coefficient (Wildman–Crippen LogP) is 2.78. The van der Waals surface area contributed by atoms with E-state index in [2.05, 4.69) is 22.8 Å². The van der Waals surface area contributed by atoms with E-state index < -0.39 is 6.04 Å². The van der Waals surface area contributed by atoms with Crippen molar-refractivity contribution in [3.8, 4) is 5.75 Å². The number of urea groups is 1. The molecule has 144 valence electrons. The lowest BCUT2D eigenvalue weighted by Crippen LogP contribution is -2.44. The summed E-state index contributed by atoms with van der Waals surface area (Å²) in [5, 5.41) is 5.69. The maximum atomic E-state index is 13.0. The van der Waals surface area contributed by atoms with Crippen LogP contribution in [0.25, 0.3) is 0 Å². The molecule has 1 unspecified atom stereocenters. The highest BCUT2D eigenvalue weighted by Gasteiger charge is 2.40. The van der Waals surface area contributed by atoms with E-state index in [1.54, 1.807) is 7.11 Å². The molecule has 2 N–H and O–H groups in total. The third kappa shape index (κ3) is 3.58. The fourth-order valence-electron chi connectivity index (χ4n) is 3.77. The highest BCUT2D eigenvalue weighted by Crippen LogP contribution is 2.33. The lowest BCUT2D eigenvalue weighted by atomic mass is 9.96. The number of aryl methyl sites for hydroxylation is 1. The Morgan fingerprint density at radius 3 is 2.54 bits per heavy atom. The van der Waals surface area contributed by atoms with Crippen molar-refractivity contribution >= 4 is 11.9 Å². The first-order valence-electron chi connectivity index (χ1n) is 9.43. The van der Waals surface area contributed by atoms with E-state index in [0.717, 1.165) is 24.2 Å². The molecule has 28 heavy (non-hydrogen) atoms. The molecule has 0 bridgehead atoms. The largest absolute Gasteiger partial charge is 0.497 e. The minimum Gasteiger partial charge on any atom is -0.497 e. The average molecular weight is 377 g/mol. The van der Waals surface area contributed by atoms with E-state index in [9.17, 15) is 9.59 Å². The quantitative estimate of drug-likeness (QED) is 0.813. The Balaban J connectivity index is 1.47. The minimum atomic E-state index is -0.443. The highest BCUT2D eigenvalue weighted by molar-refractivity contribution is 6.01. The first kappa shape index (κ1) is 18.1. The molecule has 2 aromatic rings. The molecule has 4 rings (SSSR count). The van der Waals surface area contributed by atoms with Gasteiger partial charge < -0.3 is 20.3 Å². The van der Waals surface area contributed by atoms with Crippen molar-refractivity contribution in [2.24, 2.45) is 0 Å². The zero-order valence-electron chi connectivity index (χ0n) is 15.8. The van der Waals surface area contributed by atoms with Crippen molar-refractivity contribution in [3.63, 3.8) is 0 Å². The number of nitrogens with one attached hydrogen (secondary N) is 2. The highest BCUT2D eigenvalue weighted by atomic mass is 16.5. The van der Waals surface area contributed by atoms with Crippen LogP contribution in [0.15, 0.2) is 65.9 Å². The zero-order chi connectivity index (χ0) is 19.5. The summed E-state index contributed by atoms with van der Waals surface area (Å²) in [4.78, 5) is 27.0. The minimum absolute atomic E-state index is 0.0172. The smallest absolute Gasteiger partial charge is 0.319 e. The molecule has 0 aliphatic carbocycles. The van der Waals surface area contributed by atoms with Crippen molar-refractivity contribution in [3.05, 3.63) is 77.0 Å². The lowest BCUT2D eigenvalue weighted by molar-refractivity contribution is -0.125. The summed E-state index contributed by atoms with van der Waals surface area (Å²) in [7, 11) is 1.61. The third-order valence-electron chi connectivity index (χ3n) is 5.21. The molecule has 2 aliphatic heterocycles. The Morgan fingerprint density at radius 2 is 1.82 bits per heavy atom. The molecular weight excluding hydrogens is 354 g/mol. The van der Waals surface area contributed by atoms with Gasteiger partial charge in [0.2, 0.25) is 0 Å². The Bertz CT molecular complexity index is 906. The van der Waals surface area contributed by atoms with Gasteiger partial charge in [0.05, 0.1) is 31.0 Å². The molecule has 0 radical (unpaired) electrons. The summed E-state index contributed by atoms with van der Waals surface area (Å²) in [6, 6.07) is 16.9. The number of amides is 3. The number of carbonyl (C=O) groups excluding carboxylic acids is 2. The second kappa shape index (κ2) is 7.76. The Labute approximate surface area is 164 Å². The molecule has 0 fully saturated rings. The Kier molecular flexibility index (Phi) is 5.02. The average Bonchev–Trinajstić information content (AvgIpc) is 3.03. The van der Waals surface area contributed by atoms with Gasteiger partial charge in [0.1, 0.15) is 5.75 Å². The molecule has 1 atom stereocenters. The van der Waals surface area contributed by atoms with Crippen molar-refractivity contribution < 1.29 is 14.3 Å². The summed E-state index contributed by atoms with van der Waals surface area (Å²) in [5.41, 5.74) is 3.46. The van der Waals surface area contributed by atoms with Crippen LogP contribution in [0.4, 0.5) is 4.79 Å². The maximum absolute atomic E-state index is 13.0. The first-order valence-corrected chi connectivity index (χ1v) is 9.43. The van der Waals surface area contributed by atoms with Gasteiger partial charge in [-0.25, -0.2) is 4.79 Å². The van der Waals surface area contributed by atoms with Crippen LogP contribution in [0.2, 0.25) is 0 Å². The zero-order valence-corrected chi connectivity index (χ0v) is 15.8. The summed E-state index contributed by atoms with van der Waals surface area (Å²) in [6.07, 6.45) is 1.80. The van der Waals surface area contributed by atoms with Crippen LogP contribution in [0.1, 0.15) is 23.6 Å². The number of nitrogens with zero attached hydrogens (tertiary/aromatic N) is 1. The van der Waals surface area contributed by atoms with Gasteiger partial charge in [0.15, 0.2) is 0 Å². The molecule has 6 heteroatoms. The van der Waals surface area contributed by atoms with Crippen LogP contribution in [-0.2, 0) is 11.2 Å². The van der Waals surface area contributed by atoms with Gasteiger partial charge >= 0.3 is 6.03 Å². The SMILES string of the molecule is COc1ccc(C2NC(=O)NC3=C2C(=O)N(CCCc2ccccc2)C3)cc1. The van der Waals surface area contributed by atoms with Crippen molar-refractivity contribution in [2.45, 2.75) is 18.9 Å². The summed E-state index contributed by atoms with van der Waals surface area (Å²) >= 11 is 0. The first-order chi connectivity index (χ1) is 13.7. The van der Waals surface area contributed by atoms with Gasteiger partial charge in [-0.1, -0.05) is 42.5 Å². The van der Waals surface area contributed by atoms with Crippen LogP contribution in [-0.4, -0.2) is 37.0 Å². The van der Waals surface area contributed by atoms with Gasteiger partial charge in [0.25, 0.3) is 5.91 Å². The van der Waals surface area contributed by atoms with Gasteiger partial charge in [-0.15, -0.1) is 0 Å². The molecule has 2 aliphatic rings. The third-order valence-corrected chi connectivity index (χ3v) is 5.21. The summed E-state index contributed by atoms with van der Waals surface area (Å²) < 4.78 is 5.20. The van der Waals surface area contributed by atoms with E-state index >= 15 is 0 Å². The Hall–Kier alpha value is -3.28. The summed E-state index contributed by atoms with van der Waals surface area (Å²) in [5.74, 6) is 0.717. The predicted molar refractivity (Wildman–Crippen MR) is 106 cm³/mol. The lowest BCUT2D eigenvalue weighted by Gasteiger charge is -2.25. The molecule has 3 amide bonds. The van der Waals surface area contributed by atoms with E-state index in [1.165, 1.54) is 5.56 Å². The molecule has 6 nitrogen and oxygen atoms in total. The van der Waals surface area contributed by atoms with Gasteiger partial charge in [0, 0.05) is 6.54 Å². The Morgan fingerprint density at radius 1 is 1.07 bits per heavy atom. The molecule has 0 saturated carbocycles. The summed E-state index contributed by atoms with van der Waals surface area (Å²) in [6.45, 7) is 1.11. The number of rotatable bonds is 6. The van der Waals surface area contributed by atoms with E-state index in [-0.39, 0.29) is 11.9 Å².